The van der Waals surface area contributed by atoms with E-state index in [-0.39, 0.29) is 12.4 Å². The van der Waals surface area contributed by atoms with Gasteiger partial charge in [-0.25, -0.2) is 9.50 Å². The van der Waals surface area contributed by atoms with Gasteiger partial charge in [0.05, 0.1) is 5.69 Å². The zero-order valence-corrected chi connectivity index (χ0v) is 17.5. The number of rotatable bonds is 6. The summed E-state index contributed by atoms with van der Waals surface area (Å²) >= 11 is 0. The minimum absolute atomic E-state index is 0.222. The number of carbonyl (C=O) groups is 3. The van der Waals surface area contributed by atoms with Crippen LogP contribution in [0.4, 0.5) is 5.82 Å². The maximum atomic E-state index is 12.0. The highest BCUT2D eigenvalue weighted by molar-refractivity contribution is 5.77. The first-order chi connectivity index (χ1) is 14.7. The number of ether oxygens (including phenoxy) is 4. The van der Waals surface area contributed by atoms with Gasteiger partial charge in [-0.1, -0.05) is 0 Å². The quantitative estimate of drug-likeness (QED) is 0.374. The smallest absolute Gasteiger partial charge is 0.303 e. The summed E-state index contributed by atoms with van der Waals surface area (Å²) in [5, 5.41) is 4.22. The summed E-state index contributed by atoms with van der Waals surface area (Å²) in [5.41, 5.74) is 5.30. The first kappa shape index (κ1) is 22.2. The number of esters is 3. The first-order valence-electron chi connectivity index (χ1n) is 9.37. The summed E-state index contributed by atoms with van der Waals surface area (Å²) in [7, 11) is 1.51. The van der Waals surface area contributed by atoms with Gasteiger partial charge in [0.1, 0.15) is 24.6 Å². The highest BCUT2D eigenvalue weighted by Crippen LogP contribution is 2.43. The molecule has 2 N–H and O–H groups in total. The molecule has 0 aliphatic carbocycles. The SMILES string of the molecule is CN=C[C@@]1(c2ccc3c(N)ncnn23)O[C@H](COC(C)=O)[C@@H](OC(C)=O)[C@H]1OC(C)=O. The predicted octanol–water partition coefficient (Wildman–Crippen LogP) is 0.0327. The van der Waals surface area contributed by atoms with Gasteiger partial charge in [-0.15, -0.1) is 0 Å². The van der Waals surface area contributed by atoms with Crippen LogP contribution in [0.15, 0.2) is 23.5 Å². The number of anilines is 1. The third-order valence-electron chi connectivity index (χ3n) is 4.68. The Kier molecular flexibility index (Phi) is 6.20. The van der Waals surface area contributed by atoms with E-state index < -0.39 is 41.8 Å². The second kappa shape index (κ2) is 8.68. The van der Waals surface area contributed by atoms with Crippen molar-refractivity contribution in [3.63, 3.8) is 0 Å². The summed E-state index contributed by atoms with van der Waals surface area (Å²) in [6.07, 6.45) is -0.528. The number of aliphatic imine (C=N–C) groups is 1. The minimum Gasteiger partial charge on any atom is -0.463 e. The average Bonchev–Trinajstić information content (AvgIpc) is 3.23. The van der Waals surface area contributed by atoms with E-state index in [1.807, 2.05) is 0 Å². The van der Waals surface area contributed by atoms with Crippen molar-refractivity contribution in [1.82, 2.24) is 14.6 Å². The number of aromatic nitrogens is 3. The summed E-state index contributed by atoms with van der Waals surface area (Å²) in [6, 6.07) is 3.34. The van der Waals surface area contributed by atoms with E-state index >= 15 is 0 Å². The second-order valence-corrected chi connectivity index (χ2v) is 6.90. The van der Waals surface area contributed by atoms with Crippen LogP contribution in [0.2, 0.25) is 0 Å². The monoisotopic (exact) mass is 433 g/mol. The van der Waals surface area contributed by atoms with Crippen LogP contribution in [0.3, 0.4) is 0 Å². The van der Waals surface area contributed by atoms with Crippen LogP contribution in [-0.4, -0.2) is 70.7 Å². The first-order valence-corrected chi connectivity index (χ1v) is 9.37. The van der Waals surface area contributed by atoms with Gasteiger partial charge in [-0.3, -0.25) is 19.4 Å². The maximum Gasteiger partial charge on any atom is 0.303 e. The van der Waals surface area contributed by atoms with Crippen LogP contribution in [0.1, 0.15) is 26.5 Å². The van der Waals surface area contributed by atoms with Gasteiger partial charge in [0, 0.05) is 34.0 Å². The van der Waals surface area contributed by atoms with Crippen molar-refractivity contribution in [2.75, 3.05) is 19.4 Å². The summed E-state index contributed by atoms with van der Waals surface area (Å²) in [4.78, 5) is 43.3. The van der Waals surface area contributed by atoms with E-state index in [1.165, 1.54) is 44.9 Å². The van der Waals surface area contributed by atoms with E-state index in [0.29, 0.717) is 11.2 Å². The van der Waals surface area contributed by atoms with Crippen LogP contribution in [0.5, 0.6) is 0 Å². The van der Waals surface area contributed by atoms with Crippen LogP contribution >= 0.6 is 0 Å². The molecule has 0 saturated carbocycles. The molecule has 2 aromatic rings. The van der Waals surface area contributed by atoms with Crippen LogP contribution in [0, 0.1) is 0 Å². The molecule has 4 atom stereocenters. The molecule has 0 amide bonds. The van der Waals surface area contributed by atoms with Crippen molar-refractivity contribution >= 4 is 35.5 Å². The van der Waals surface area contributed by atoms with Gasteiger partial charge in [0.2, 0.25) is 0 Å². The molecule has 1 aliphatic heterocycles. The predicted molar refractivity (Wildman–Crippen MR) is 106 cm³/mol. The molecule has 31 heavy (non-hydrogen) atoms. The van der Waals surface area contributed by atoms with Crippen LogP contribution < -0.4 is 5.73 Å². The topological polar surface area (TPSA) is 157 Å². The molecule has 0 aromatic carbocycles. The fraction of sp³-hybridized carbons (Fsp3) is 0.474. The third kappa shape index (κ3) is 4.19. The Bertz CT molecular complexity index is 1040. The number of hydrogen-bond donors (Lipinski definition) is 1. The fourth-order valence-electron chi connectivity index (χ4n) is 3.63. The Morgan fingerprint density at radius 2 is 1.94 bits per heavy atom. The van der Waals surface area contributed by atoms with Crippen molar-refractivity contribution in [3.8, 4) is 0 Å². The van der Waals surface area contributed by atoms with Crippen molar-refractivity contribution in [2.24, 2.45) is 4.99 Å². The molecule has 12 heteroatoms. The molecule has 12 nitrogen and oxygen atoms in total. The zero-order valence-electron chi connectivity index (χ0n) is 17.5. The molecule has 2 aromatic heterocycles. The molecule has 3 rings (SSSR count). The lowest BCUT2D eigenvalue weighted by molar-refractivity contribution is -0.166. The number of nitrogen functional groups attached to an aromatic ring is 1. The molecule has 0 bridgehead atoms. The molecule has 1 fully saturated rings. The Labute approximate surface area is 177 Å². The van der Waals surface area contributed by atoms with E-state index in [4.69, 9.17) is 24.7 Å². The third-order valence-corrected chi connectivity index (χ3v) is 4.68. The largest absolute Gasteiger partial charge is 0.463 e. The number of fused-ring (bicyclic) bond motifs is 1. The lowest BCUT2D eigenvalue weighted by Crippen LogP contribution is -2.47. The normalized spacial score (nSPS) is 25.6. The van der Waals surface area contributed by atoms with E-state index in [9.17, 15) is 14.4 Å². The van der Waals surface area contributed by atoms with Gasteiger partial charge in [0.15, 0.2) is 23.6 Å². The van der Waals surface area contributed by atoms with Crippen molar-refractivity contribution in [1.29, 1.82) is 0 Å². The Morgan fingerprint density at radius 1 is 1.23 bits per heavy atom. The molecular formula is C19H23N5O7. The van der Waals surface area contributed by atoms with E-state index in [0.717, 1.165) is 0 Å². The molecule has 1 aliphatic rings. The number of hydrogen-bond acceptors (Lipinski definition) is 11. The standard InChI is InChI=1S/C19H23N5O7/c1-10(25)28-7-14-16(29-11(2)26)17(30-12(3)27)19(31-14,8-21-4)15-6-5-13-18(20)22-9-23-24(13)15/h5-6,8-9,14,16-17H,7H2,1-4H3,(H2,20,22,23)/t14-,16-,17-,19+/m1/s1. The minimum atomic E-state index is -1.53. The van der Waals surface area contributed by atoms with Gasteiger partial charge < -0.3 is 24.7 Å². The van der Waals surface area contributed by atoms with Gasteiger partial charge >= 0.3 is 17.9 Å². The molecular weight excluding hydrogens is 410 g/mol. The Morgan fingerprint density at radius 3 is 2.55 bits per heavy atom. The number of nitrogens with zero attached hydrogens (tertiary/aromatic N) is 4. The van der Waals surface area contributed by atoms with Crippen molar-refractivity contribution < 1.29 is 33.3 Å². The second-order valence-electron chi connectivity index (χ2n) is 6.90. The van der Waals surface area contributed by atoms with Gasteiger partial charge in [-0.2, -0.15) is 5.10 Å². The van der Waals surface area contributed by atoms with Crippen LogP contribution in [-0.2, 0) is 38.9 Å². The van der Waals surface area contributed by atoms with Crippen LogP contribution in [0.25, 0.3) is 5.52 Å². The molecule has 0 unspecified atom stereocenters. The average molecular weight is 433 g/mol. The molecule has 1 saturated heterocycles. The fourth-order valence-corrected chi connectivity index (χ4v) is 3.63. The van der Waals surface area contributed by atoms with E-state index in [1.54, 1.807) is 12.1 Å². The lowest BCUT2D eigenvalue weighted by atomic mass is 9.91. The maximum absolute atomic E-state index is 12.0. The van der Waals surface area contributed by atoms with E-state index in [2.05, 4.69) is 15.1 Å². The van der Waals surface area contributed by atoms with Gasteiger partial charge in [-0.05, 0) is 12.1 Å². The molecule has 3 heterocycles. The highest BCUT2D eigenvalue weighted by Gasteiger charge is 2.61. The lowest BCUT2D eigenvalue weighted by Gasteiger charge is -2.30. The van der Waals surface area contributed by atoms with Crippen molar-refractivity contribution in [2.45, 2.75) is 44.7 Å². The Hall–Kier alpha value is -3.54. The molecule has 0 radical (unpaired) electrons. The summed E-state index contributed by atoms with van der Waals surface area (Å²) in [5.74, 6) is -1.60. The number of carbonyl (C=O) groups excluding carboxylic acids is 3. The van der Waals surface area contributed by atoms with Crippen molar-refractivity contribution in [3.05, 3.63) is 24.2 Å². The zero-order chi connectivity index (χ0) is 22.8. The Balaban J connectivity index is 2.20. The molecule has 166 valence electrons. The van der Waals surface area contributed by atoms with Gasteiger partial charge in [0.25, 0.3) is 0 Å². The highest BCUT2D eigenvalue weighted by atomic mass is 16.7. The summed E-state index contributed by atoms with van der Waals surface area (Å²) in [6.45, 7) is 3.42. The number of nitrogens with two attached hydrogens (primary N) is 1. The summed E-state index contributed by atoms with van der Waals surface area (Å²) < 4.78 is 23.8. The molecule has 0 spiro atoms.